The molecule has 2 amide bonds. The van der Waals surface area contributed by atoms with E-state index in [9.17, 15) is 19.7 Å². The predicted molar refractivity (Wildman–Crippen MR) is 121 cm³/mol. The SMILES string of the molecule is Cc1cc([N+](=O)[O-])ccc1-c1ccc(/C=C2\SC(=O)N(Cc3ccccc3Br)C2=O)o1. The Bertz CT molecular complexity index is 1250. The molecule has 9 heteroatoms. The Balaban J connectivity index is 1.56. The summed E-state index contributed by atoms with van der Waals surface area (Å²) < 4.78 is 6.65. The van der Waals surface area contributed by atoms with Crippen LogP contribution in [0.5, 0.6) is 0 Å². The molecule has 0 N–H and O–H groups in total. The van der Waals surface area contributed by atoms with Crippen LogP contribution in [-0.4, -0.2) is 21.0 Å². The number of aryl methyl sites for hydroxylation is 1. The number of carbonyl (C=O) groups excluding carboxylic acids is 2. The summed E-state index contributed by atoms with van der Waals surface area (Å²) in [5.41, 5.74) is 2.25. The lowest BCUT2D eigenvalue weighted by Gasteiger charge is -2.13. The number of nitro groups is 1. The van der Waals surface area contributed by atoms with Crippen LogP contribution in [0.1, 0.15) is 16.9 Å². The van der Waals surface area contributed by atoms with Crippen LogP contribution in [0.2, 0.25) is 0 Å². The lowest BCUT2D eigenvalue weighted by atomic mass is 10.1. The van der Waals surface area contributed by atoms with Crippen molar-refractivity contribution in [3.8, 4) is 11.3 Å². The molecule has 4 rings (SSSR count). The molecule has 2 aromatic carbocycles. The number of nitrogens with zero attached hydrogens (tertiary/aromatic N) is 2. The number of hydrogen-bond acceptors (Lipinski definition) is 6. The second-order valence-corrected chi connectivity index (χ2v) is 8.67. The third-order valence-corrected chi connectivity index (χ3v) is 6.43. The maximum atomic E-state index is 12.8. The second kappa shape index (κ2) is 8.52. The van der Waals surface area contributed by atoms with Crippen molar-refractivity contribution in [2.24, 2.45) is 0 Å². The molecular formula is C22H15BrN2O5S. The van der Waals surface area contributed by atoms with E-state index in [0.29, 0.717) is 22.6 Å². The number of furan rings is 1. The van der Waals surface area contributed by atoms with Crippen molar-refractivity contribution in [2.45, 2.75) is 13.5 Å². The van der Waals surface area contributed by atoms with E-state index < -0.39 is 4.92 Å². The molecule has 0 radical (unpaired) electrons. The molecule has 0 unspecified atom stereocenters. The van der Waals surface area contributed by atoms with Crippen LogP contribution in [0.3, 0.4) is 0 Å². The monoisotopic (exact) mass is 498 g/mol. The molecule has 1 aliphatic heterocycles. The average molecular weight is 499 g/mol. The molecule has 1 aromatic heterocycles. The first-order valence-electron chi connectivity index (χ1n) is 9.17. The average Bonchev–Trinajstić information content (AvgIpc) is 3.29. The molecule has 1 saturated heterocycles. The van der Waals surface area contributed by atoms with Crippen LogP contribution >= 0.6 is 27.7 Å². The predicted octanol–water partition coefficient (Wildman–Crippen LogP) is 6.16. The van der Waals surface area contributed by atoms with Crippen molar-refractivity contribution in [1.29, 1.82) is 0 Å². The van der Waals surface area contributed by atoms with Gasteiger partial charge < -0.3 is 4.42 Å². The van der Waals surface area contributed by atoms with Gasteiger partial charge in [0.1, 0.15) is 11.5 Å². The number of non-ortho nitro benzene ring substituents is 1. The number of benzene rings is 2. The highest BCUT2D eigenvalue weighted by molar-refractivity contribution is 9.10. The van der Waals surface area contributed by atoms with Crippen LogP contribution in [0, 0.1) is 17.0 Å². The molecule has 0 saturated carbocycles. The number of nitro benzene ring substituents is 1. The van der Waals surface area contributed by atoms with E-state index in [1.54, 1.807) is 25.1 Å². The summed E-state index contributed by atoms with van der Waals surface area (Å²) in [4.78, 5) is 37.1. The summed E-state index contributed by atoms with van der Waals surface area (Å²) in [6.07, 6.45) is 1.54. The highest BCUT2D eigenvalue weighted by Crippen LogP contribution is 2.35. The van der Waals surface area contributed by atoms with Gasteiger partial charge in [0, 0.05) is 28.2 Å². The summed E-state index contributed by atoms with van der Waals surface area (Å²) in [7, 11) is 0. The molecular weight excluding hydrogens is 484 g/mol. The quantitative estimate of drug-likeness (QED) is 0.237. The number of thioether (sulfide) groups is 1. The van der Waals surface area contributed by atoms with Gasteiger partial charge in [0.25, 0.3) is 16.8 Å². The summed E-state index contributed by atoms with van der Waals surface area (Å²) in [6, 6.07) is 15.4. The largest absolute Gasteiger partial charge is 0.457 e. The van der Waals surface area contributed by atoms with Gasteiger partial charge in [-0.1, -0.05) is 34.1 Å². The number of hydrogen-bond donors (Lipinski definition) is 0. The fourth-order valence-corrected chi connectivity index (χ4v) is 4.40. The number of carbonyl (C=O) groups is 2. The minimum absolute atomic E-state index is 0.00626. The van der Waals surface area contributed by atoms with Gasteiger partial charge in [-0.3, -0.25) is 24.6 Å². The smallest absolute Gasteiger partial charge is 0.293 e. The van der Waals surface area contributed by atoms with E-state index in [1.165, 1.54) is 23.1 Å². The van der Waals surface area contributed by atoms with E-state index in [4.69, 9.17) is 4.42 Å². The molecule has 0 aliphatic carbocycles. The Labute approximate surface area is 190 Å². The number of amides is 2. The zero-order chi connectivity index (χ0) is 22.1. The fraction of sp³-hybridized carbons (Fsp3) is 0.0909. The summed E-state index contributed by atoms with van der Waals surface area (Å²) in [5, 5.41) is 10.6. The molecule has 156 valence electrons. The minimum atomic E-state index is -0.450. The van der Waals surface area contributed by atoms with Crippen molar-refractivity contribution < 1.29 is 18.9 Å². The van der Waals surface area contributed by atoms with Gasteiger partial charge in [-0.05, 0) is 54.1 Å². The van der Waals surface area contributed by atoms with Crippen LogP contribution in [0.4, 0.5) is 10.5 Å². The third kappa shape index (κ3) is 4.33. The molecule has 0 bridgehead atoms. The molecule has 1 aliphatic rings. The minimum Gasteiger partial charge on any atom is -0.457 e. The van der Waals surface area contributed by atoms with Crippen LogP contribution in [0.15, 0.2) is 68.4 Å². The lowest BCUT2D eigenvalue weighted by Crippen LogP contribution is -2.27. The van der Waals surface area contributed by atoms with E-state index in [-0.39, 0.29) is 28.3 Å². The normalized spacial score (nSPS) is 15.2. The number of rotatable bonds is 5. The highest BCUT2D eigenvalue weighted by Gasteiger charge is 2.35. The zero-order valence-electron chi connectivity index (χ0n) is 16.2. The summed E-state index contributed by atoms with van der Waals surface area (Å²) in [5.74, 6) is 0.556. The first-order valence-corrected chi connectivity index (χ1v) is 10.8. The Morgan fingerprint density at radius 1 is 1.16 bits per heavy atom. The van der Waals surface area contributed by atoms with Gasteiger partial charge in [0.05, 0.1) is 16.4 Å². The van der Waals surface area contributed by atoms with Gasteiger partial charge in [0.15, 0.2) is 0 Å². The zero-order valence-corrected chi connectivity index (χ0v) is 18.6. The molecule has 0 spiro atoms. The van der Waals surface area contributed by atoms with Gasteiger partial charge in [0.2, 0.25) is 0 Å². The first kappa shape index (κ1) is 21.1. The van der Waals surface area contributed by atoms with Crippen LogP contribution < -0.4 is 0 Å². The lowest BCUT2D eigenvalue weighted by molar-refractivity contribution is -0.384. The van der Waals surface area contributed by atoms with Gasteiger partial charge >= 0.3 is 0 Å². The highest BCUT2D eigenvalue weighted by atomic mass is 79.9. The third-order valence-electron chi connectivity index (χ3n) is 4.75. The van der Waals surface area contributed by atoms with Crippen LogP contribution in [0.25, 0.3) is 17.4 Å². The van der Waals surface area contributed by atoms with E-state index in [1.807, 2.05) is 24.3 Å². The van der Waals surface area contributed by atoms with Crippen molar-refractivity contribution in [2.75, 3.05) is 0 Å². The van der Waals surface area contributed by atoms with Crippen molar-refractivity contribution in [1.82, 2.24) is 4.90 Å². The summed E-state index contributed by atoms with van der Waals surface area (Å²) in [6.45, 7) is 1.94. The Morgan fingerprint density at radius 3 is 2.65 bits per heavy atom. The first-order chi connectivity index (χ1) is 14.8. The molecule has 3 aromatic rings. The van der Waals surface area contributed by atoms with E-state index >= 15 is 0 Å². The molecule has 31 heavy (non-hydrogen) atoms. The van der Waals surface area contributed by atoms with Gasteiger partial charge in [-0.15, -0.1) is 0 Å². The number of halogens is 1. The molecule has 1 fully saturated rings. The maximum Gasteiger partial charge on any atom is 0.293 e. The second-order valence-electron chi connectivity index (χ2n) is 6.82. The van der Waals surface area contributed by atoms with E-state index in [2.05, 4.69) is 15.9 Å². The number of imide groups is 1. The topological polar surface area (TPSA) is 93.7 Å². The molecule has 7 nitrogen and oxygen atoms in total. The Hall–Kier alpha value is -3.17. The Morgan fingerprint density at radius 2 is 1.94 bits per heavy atom. The van der Waals surface area contributed by atoms with Gasteiger partial charge in [-0.2, -0.15) is 0 Å². The maximum absolute atomic E-state index is 12.8. The van der Waals surface area contributed by atoms with Crippen molar-refractivity contribution >= 4 is 50.6 Å². The van der Waals surface area contributed by atoms with Crippen LogP contribution in [-0.2, 0) is 11.3 Å². The Kier molecular flexibility index (Phi) is 5.79. The van der Waals surface area contributed by atoms with Crippen molar-refractivity contribution in [3.63, 3.8) is 0 Å². The van der Waals surface area contributed by atoms with Gasteiger partial charge in [-0.25, -0.2) is 0 Å². The molecule has 2 heterocycles. The molecule has 0 atom stereocenters. The standard InChI is InChI=1S/C22H15BrN2O5S/c1-13-10-15(25(28)29)6-8-17(13)19-9-7-16(30-19)11-20-21(26)24(22(27)31-20)12-14-4-2-3-5-18(14)23/h2-11H,12H2,1H3/b20-11-. The van der Waals surface area contributed by atoms with E-state index in [0.717, 1.165) is 21.8 Å². The fourth-order valence-electron chi connectivity index (χ4n) is 3.18. The van der Waals surface area contributed by atoms with Crippen molar-refractivity contribution in [3.05, 3.63) is 91.0 Å². The summed E-state index contributed by atoms with van der Waals surface area (Å²) >= 11 is 4.30.